The molecular weight excluding hydrogens is 264 g/mol. The lowest BCUT2D eigenvalue weighted by Gasteiger charge is -2.19. The molecule has 0 radical (unpaired) electrons. The standard InChI is InChI=1S/C17H20N2O2/c1-18-15(10-12-6-7-16(20-2)19-11-12)14-5-3-4-13-8-9-21-17(13)14/h3-7,11,15,18H,8-10H2,1-2H3. The van der Waals surface area contributed by atoms with Crippen LogP contribution in [0.3, 0.4) is 0 Å². The minimum atomic E-state index is 0.216. The number of para-hydroxylation sites is 1. The summed E-state index contributed by atoms with van der Waals surface area (Å²) < 4.78 is 10.9. The van der Waals surface area contributed by atoms with Crippen LogP contribution in [0.5, 0.6) is 11.6 Å². The lowest BCUT2D eigenvalue weighted by molar-refractivity contribution is 0.349. The van der Waals surface area contributed by atoms with Gasteiger partial charge >= 0.3 is 0 Å². The van der Waals surface area contributed by atoms with E-state index >= 15 is 0 Å². The van der Waals surface area contributed by atoms with E-state index in [4.69, 9.17) is 9.47 Å². The van der Waals surface area contributed by atoms with Crippen LogP contribution in [0.25, 0.3) is 0 Å². The molecule has 1 atom stereocenters. The number of ether oxygens (including phenoxy) is 2. The molecule has 0 fully saturated rings. The number of fused-ring (bicyclic) bond motifs is 1. The van der Waals surface area contributed by atoms with Crippen LogP contribution in [0.1, 0.15) is 22.7 Å². The molecule has 2 heterocycles. The van der Waals surface area contributed by atoms with Crippen molar-refractivity contribution in [2.75, 3.05) is 20.8 Å². The van der Waals surface area contributed by atoms with E-state index in [9.17, 15) is 0 Å². The minimum absolute atomic E-state index is 0.216. The van der Waals surface area contributed by atoms with Crippen LogP contribution in [0.2, 0.25) is 0 Å². The third-order valence-corrected chi connectivity index (χ3v) is 3.92. The van der Waals surface area contributed by atoms with Gasteiger partial charge in [-0.1, -0.05) is 24.3 Å². The second-order valence-corrected chi connectivity index (χ2v) is 5.19. The van der Waals surface area contributed by atoms with E-state index in [-0.39, 0.29) is 6.04 Å². The Morgan fingerprint density at radius 2 is 2.24 bits per heavy atom. The summed E-state index contributed by atoms with van der Waals surface area (Å²) in [6, 6.07) is 10.6. The third-order valence-electron chi connectivity index (χ3n) is 3.92. The van der Waals surface area contributed by atoms with Gasteiger partial charge in [0.2, 0.25) is 5.88 Å². The quantitative estimate of drug-likeness (QED) is 0.916. The largest absolute Gasteiger partial charge is 0.493 e. The van der Waals surface area contributed by atoms with E-state index in [0.717, 1.165) is 25.2 Å². The van der Waals surface area contributed by atoms with Crippen molar-refractivity contribution in [2.24, 2.45) is 0 Å². The minimum Gasteiger partial charge on any atom is -0.493 e. The average molecular weight is 284 g/mol. The Labute approximate surface area is 125 Å². The first-order valence-electron chi connectivity index (χ1n) is 7.22. The molecule has 0 bridgehead atoms. The molecule has 0 amide bonds. The van der Waals surface area contributed by atoms with Crippen LogP contribution in [0.4, 0.5) is 0 Å². The molecular formula is C17H20N2O2. The number of aromatic nitrogens is 1. The van der Waals surface area contributed by atoms with Gasteiger partial charge in [0, 0.05) is 30.3 Å². The fourth-order valence-electron chi connectivity index (χ4n) is 2.77. The van der Waals surface area contributed by atoms with Crippen LogP contribution in [-0.2, 0) is 12.8 Å². The number of hydrogen-bond acceptors (Lipinski definition) is 4. The number of hydrogen-bond donors (Lipinski definition) is 1. The Morgan fingerprint density at radius 1 is 1.33 bits per heavy atom. The van der Waals surface area contributed by atoms with Crippen molar-refractivity contribution in [3.8, 4) is 11.6 Å². The first-order chi connectivity index (χ1) is 10.3. The fourth-order valence-corrected chi connectivity index (χ4v) is 2.77. The van der Waals surface area contributed by atoms with Gasteiger partial charge in [-0.3, -0.25) is 0 Å². The SMILES string of the molecule is CNC(Cc1ccc(OC)nc1)c1cccc2c1OCC2. The van der Waals surface area contributed by atoms with E-state index in [1.165, 1.54) is 16.7 Å². The maximum atomic E-state index is 5.81. The van der Waals surface area contributed by atoms with E-state index in [2.05, 4.69) is 34.6 Å². The van der Waals surface area contributed by atoms with Gasteiger partial charge in [-0.15, -0.1) is 0 Å². The van der Waals surface area contributed by atoms with Crippen LogP contribution < -0.4 is 14.8 Å². The summed E-state index contributed by atoms with van der Waals surface area (Å²) in [4.78, 5) is 4.27. The Bertz CT molecular complexity index is 611. The zero-order valence-corrected chi connectivity index (χ0v) is 12.4. The van der Waals surface area contributed by atoms with E-state index in [1.807, 2.05) is 19.3 Å². The van der Waals surface area contributed by atoms with Gasteiger partial charge in [-0.05, 0) is 24.6 Å². The summed E-state index contributed by atoms with van der Waals surface area (Å²) >= 11 is 0. The predicted octanol–water partition coefficient (Wildman–Crippen LogP) is 2.53. The summed E-state index contributed by atoms with van der Waals surface area (Å²) in [5.41, 5.74) is 3.70. The highest BCUT2D eigenvalue weighted by molar-refractivity contribution is 5.46. The van der Waals surface area contributed by atoms with Crippen molar-refractivity contribution in [1.82, 2.24) is 10.3 Å². The number of pyridine rings is 1. The molecule has 110 valence electrons. The Balaban J connectivity index is 1.83. The van der Waals surface area contributed by atoms with Gasteiger partial charge in [0.15, 0.2) is 0 Å². The van der Waals surface area contributed by atoms with Crippen LogP contribution in [0, 0.1) is 0 Å². The number of benzene rings is 1. The van der Waals surface area contributed by atoms with Crippen LogP contribution in [-0.4, -0.2) is 25.7 Å². The van der Waals surface area contributed by atoms with Crippen molar-refractivity contribution in [2.45, 2.75) is 18.9 Å². The first-order valence-corrected chi connectivity index (χ1v) is 7.22. The first kappa shape index (κ1) is 13.9. The number of methoxy groups -OCH3 is 1. The predicted molar refractivity (Wildman–Crippen MR) is 81.9 cm³/mol. The summed E-state index contributed by atoms with van der Waals surface area (Å²) in [5, 5.41) is 3.39. The molecule has 1 aliphatic rings. The Hall–Kier alpha value is -2.07. The van der Waals surface area contributed by atoms with Crippen molar-refractivity contribution in [3.05, 3.63) is 53.2 Å². The molecule has 3 rings (SSSR count). The Morgan fingerprint density at radius 3 is 2.95 bits per heavy atom. The highest BCUT2D eigenvalue weighted by Gasteiger charge is 2.21. The maximum absolute atomic E-state index is 5.81. The number of nitrogens with zero attached hydrogens (tertiary/aromatic N) is 1. The molecule has 0 saturated carbocycles. The molecule has 1 unspecified atom stereocenters. The molecule has 4 nitrogen and oxygen atoms in total. The molecule has 1 aromatic carbocycles. The van der Waals surface area contributed by atoms with Crippen molar-refractivity contribution in [3.63, 3.8) is 0 Å². The normalized spacial score (nSPS) is 14.4. The Kier molecular flexibility index (Phi) is 4.06. The summed E-state index contributed by atoms with van der Waals surface area (Å²) in [5.74, 6) is 1.70. The smallest absolute Gasteiger partial charge is 0.212 e. The van der Waals surface area contributed by atoms with E-state index in [0.29, 0.717) is 5.88 Å². The van der Waals surface area contributed by atoms with E-state index in [1.54, 1.807) is 7.11 Å². The summed E-state index contributed by atoms with van der Waals surface area (Å²) in [6.45, 7) is 0.785. The van der Waals surface area contributed by atoms with Gasteiger partial charge in [-0.2, -0.15) is 0 Å². The molecule has 4 heteroatoms. The molecule has 0 saturated heterocycles. The van der Waals surface area contributed by atoms with Gasteiger partial charge in [-0.25, -0.2) is 4.98 Å². The van der Waals surface area contributed by atoms with Gasteiger partial charge in [0.1, 0.15) is 5.75 Å². The zero-order chi connectivity index (χ0) is 14.7. The molecule has 1 aliphatic heterocycles. The van der Waals surface area contributed by atoms with Crippen molar-refractivity contribution < 1.29 is 9.47 Å². The van der Waals surface area contributed by atoms with Crippen LogP contribution in [0.15, 0.2) is 36.5 Å². The lowest BCUT2D eigenvalue weighted by Crippen LogP contribution is -2.19. The van der Waals surface area contributed by atoms with Crippen molar-refractivity contribution >= 4 is 0 Å². The fraction of sp³-hybridized carbons (Fsp3) is 0.353. The highest BCUT2D eigenvalue weighted by Crippen LogP contribution is 2.34. The molecule has 0 spiro atoms. The summed E-state index contributed by atoms with van der Waals surface area (Å²) in [7, 11) is 3.61. The van der Waals surface area contributed by atoms with Gasteiger partial charge < -0.3 is 14.8 Å². The molecule has 0 aliphatic carbocycles. The molecule has 1 N–H and O–H groups in total. The lowest BCUT2D eigenvalue weighted by atomic mass is 9.97. The third kappa shape index (κ3) is 2.85. The number of likely N-dealkylation sites (N-methyl/N-ethyl adjacent to an activating group) is 1. The second-order valence-electron chi connectivity index (χ2n) is 5.19. The second kappa shape index (κ2) is 6.14. The molecule has 21 heavy (non-hydrogen) atoms. The highest BCUT2D eigenvalue weighted by atomic mass is 16.5. The van der Waals surface area contributed by atoms with Gasteiger partial charge in [0.25, 0.3) is 0 Å². The monoisotopic (exact) mass is 284 g/mol. The van der Waals surface area contributed by atoms with Crippen molar-refractivity contribution in [1.29, 1.82) is 0 Å². The van der Waals surface area contributed by atoms with Gasteiger partial charge in [0.05, 0.1) is 13.7 Å². The maximum Gasteiger partial charge on any atom is 0.212 e. The van der Waals surface area contributed by atoms with Crippen LogP contribution >= 0.6 is 0 Å². The average Bonchev–Trinajstić information content (AvgIpc) is 3.02. The van der Waals surface area contributed by atoms with E-state index < -0.39 is 0 Å². The zero-order valence-electron chi connectivity index (χ0n) is 12.4. The molecule has 1 aromatic heterocycles. The summed E-state index contributed by atoms with van der Waals surface area (Å²) in [6.07, 6.45) is 3.74. The number of rotatable bonds is 5. The number of nitrogens with one attached hydrogen (secondary N) is 1. The topological polar surface area (TPSA) is 43.4 Å². The molecule has 2 aromatic rings.